The Bertz CT molecular complexity index is 1070. The van der Waals surface area contributed by atoms with Crippen LogP contribution in [0.2, 0.25) is 0 Å². The zero-order valence-electron chi connectivity index (χ0n) is 16.1. The van der Waals surface area contributed by atoms with Crippen LogP contribution in [0.5, 0.6) is 0 Å². The highest BCUT2D eigenvalue weighted by Crippen LogP contribution is 2.37. The quantitative estimate of drug-likeness (QED) is 0.714. The van der Waals surface area contributed by atoms with E-state index in [1.165, 1.54) is 28.3 Å². The Hall–Kier alpha value is -2.62. The van der Waals surface area contributed by atoms with Crippen LogP contribution in [0, 0.1) is 11.3 Å². The molecule has 1 aliphatic heterocycles. The van der Waals surface area contributed by atoms with Gasteiger partial charge in [-0.15, -0.1) is 0 Å². The SMILES string of the molecule is N#Cc1c2c(c(N3CC[NH+](CCO)CC3)n3c1nc1ccccc13)CCCC2. The van der Waals surface area contributed by atoms with Crippen molar-refractivity contribution in [3.63, 3.8) is 0 Å². The predicted molar refractivity (Wildman–Crippen MR) is 109 cm³/mol. The molecule has 2 aromatic heterocycles. The molecule has 6 nitrogen and oxygen atoms in total. The number of pyridine rings is 1. The number of nitrogens with zero attached hydrogens (tertiary/aromatic N) is 4. The van der Waals surface area contributed by atoms with Crippen LogP contribution in [0.4, 0.5) is 5.82 Å². The third-order valence-corrected chi connectivity index (χ3v) is 6.38. The largest absolute Gasteiger partial charge is 0.391 e. The van der Waals surface area contributed by atoms with Crippen LogP contribution in [0.3, 0.4) is 0 Å². The fourth-order valence-electron chi connectivity index (χ4n) is 5.00. The summed E-state index contributed by atoms with van der Waals surface area (Å²) in [6, 6.07) is 10.7. The van der Waals surface area contributed by atoms with Gasteiger partial charge in [-0.25, -0.2) is 4.98 Å². The molecule has 0 radical (unpaired) electrons. The Labute approximate surface area is 164 Å². The molecule has 1 saturated heterocycles. The van der Waals surface area contributed by atoms with Gasteiger partial charge in [-0.3, -0.25) is 4.40 Å². The molecule has 0 amide bonds. The predicted octanol–water partition coefficient (Wildman–Crippen LogP) is 0.935. The van der Waals surface area contributed by atoms with Crippen molar-refractivity contribution in [3.05, 3.63) is 41.0 Å². The summed E-state index contributed by atoms with van der Waals surface area (Å²) in [6.45, 7) is 5.07. The highest BCUT2D eigenvalue weighted by atomic mass is 16.3. The first kappa shape index (κ1) is 17.5. The first-order valence-corrected chi connectivity index (χ1v) is 10.4. The Morgan fingerprint density at radius 1 is 1.11 bits per heavy atom. The van der Waals surface area contributed by atoms with Crippen molar-refractivity contribution in [2.24, 2.45) is 0 Å². The van der Waals surface area contributed by atoms with E-state index in [-0.39, 0.29) is 6.61 Å². The van der Waals surface area contributed by atoms with E-state index in [0.29, 0.717) is 0 Å². The fraction of sp³-hybridized carbons (Fsp3) is 0.455. The van der Waals surface area contributed by atoms with E-state index < -0.39 is 0 Å². The number of imidazole rings is 1. The molecule has 0 saturated carbocycles. The van der Waals surface area contributed by atoms with E-state index in [2.05, 4.69) is 27.5 Å². The van der Waals surface area contributed by atoms with Crippen molar-refractivity contribution in [1.82, 2.24) is 9.38 Å². The molecule has 2 aliphatic rings. The second-order valence-corrected chi connectivity index (χ2v) is 7.94. The molecule has 2 N–H and O–H groups in total. The van der Waals surface area contributed by atoms with Gasteiger partial charge in [0.25, 0.3) is 0 Å². The molecule has 1 aromatic carbocycles. The minimum atomic E-state index is 0.248. The topological polar surface area (TPSA) is 69.0 Å². The van der Waals surface area contributed by atoms with Crippen LogP contribution in [0.1, 0.15) is 29.5 Å². The molecule has 5 rings (SSSR count). The lowest BCUT2D eigenvalue weighted by atomic mass is 9.88. The molecule has 0 bridgehead atoms. The van der Waals surface area contributed by atoms with Crippen LogP contribution in [0.25, 0.3) is 16.7 Å². The Kier molecular flexibility index (Phi) is 4.42. The van der Waals surface area contributed by atoms with E-state index >= 15 is 0 Å². The average Bonchev–Trinajstić information content (AvgIpc) is 3.12. The summed E-state index contributed by atoms with van der Waals surface area (Å²) in [7, 11) is 0. The molecule has 144 valence electrons. The van der Waals surface area contributed by atoms with Crippen molar-refractivity contribution in [3.8, 4) is 6.07 Å². The van der Waals surface area contributed by atoms with E-state index in [4.69, 9.17) is 4.98 Å². The number of rotatable bonds is 3. The van der Waals surface area contributed by atoms with Crippen molar-refractivity contribution < 1.29 is 10.0 Å². The molecule has 6 heteroatoms. The second-order valence-electron chi connectivity index (χ2n) is 7.94. The van der Waals surface area contributed by atoms with Crippen molar-refractivity contribution in [1.29, 1.82) is 5.26 Å². The number of quaternary nitrogens is 1. The minimum absolute atomic E-state index is 0.248. The van der Waals surface area contributed by atoms with Gasteiger partial charge in [0, 0.05) is 0 Å². The summed E-state index contributed by atoms with van der Waals surface area (Å²) in [5.41, 5.74) is 6.18. The summed E-state index contributed by atoms with van der Waals surface area (Å²) in [5.74, 6) is 1.25. The number of nitriles is 1. The summed E-state index contributed by atoms with van der Waals surface area (Å²) < 4.78 is 2.25. The van der Waals surface area contributed by atoms with E-state index in [1.807, 2.05) is 12.1 Å². The molecule has 0 atom stereocenters. The number of nitrogens with one attached hydrogen (secondary N) is 1. The number of para-hydroxylation sites is 2. The molecule has 3 aromatic rings. The van der Waals surface area contributed by atoms with E-state index in [1.54, 1.807) is 0 Å². The van der Waals surface area contributed by atoms with E-state index in [0.717, 1.165) is 74.2 Å². The number of aliphatic hydroxyl groups is 1. The molecular weight excluding hydrogens is 350 g/mol. The lowest BCUT2D eigenvalue weighted by molar-refractivity contribution is -0.900. The summed E-state index contributed by atoms with van der Waals surface area (Å²) >= 11 is 0. The van der Waals surface area contributed by atoms with Gasteiger partial charge in [-0.1, -0.05) is 12.1 Å². The summed E-state index contributed by atoms with van der Waals surface area (Å²) in [6.07, 6.45) is 4.33. The van der Waals surface area contributed by atoms with Gasteiger partial charge in [0.1, 0.15) is 18.4 Å². The number of aromatic nitrogens is 2. The van der Waals surface area contributed by atoms with Crippen molar-refractivity contribution in [2.45, 2.75) is 25.7 Å². The molecule has 1 fully saturated rings. The van der Waals surface area contributed by atoms with Gasteiger partial charge in [0.2, 0.25) is 0 Å². The number of benzene rings is 1. The monoisotopic (exact) mass is 376 g/mol. The maximum absolute atomic E-state index is 9.97. The summed E-state index contributed by atoms with van der Waals surface area (Å²) in [5, 5.41) is 19.2. The molecule has 1 aliphatic carbocycles. The van der Waals surface area contributed by atoms with Crippen LogP contribution < -0.4 is 9.80 Å². The van der Waals surface area contributed by atoms with Gasteiger partial charge in [-0.2, -0.15) is 5.26 Å². The van der Waals surface area contributed by atoms with Crippen LogP contribution in [-0.2, 0) is 12.8 Å². The third-order valence-electron chi connectivity index (χ3n) is 6.38. The normalized spacial score (nSPS) is 17.8. The van der Waals surface area contributed by atoms with E-state index in [9.17, 15) is 10.4 Å². The Morgan fingerprint density at radius 3 is 2.61 bits per heavy atom. The standard InChI is InChI=1S/C22H25N5O/c23-15-18-16-5-1-2-6-17(16)22(26-11-9-25(10-12-26)13-14-28)27-20-8-4-3-7-19(20)24-21(18)27/h3-4,7-8,28H,1-2,5-6,9-14H2/p+1. The zero-order chi connectivity index (χ0) is 19.1. The van der Waals surface area contributed by atoms with Gasteiger partial charge in [-0.05, 0) is 48.9 Å². The average molecular weight is 376 g/mol. The molecular formula is C22H26N5O+. The lowest BCUT2D eigenvalue weighted by Crippen LogP contribution is -3.15. The van der Waals surface area contributed by atoms with Gasteiger partial charge < -0.3 is 14.9 Å². The van der Waals surface area contributed by atoms with Crippen LogP contribution in [0.15, 0.2) is 24.3 Å². The molecule has 3 heterocycles. The first-order chi connectivity index (χ1) is 13.8. The Morgan fingerprint density at radius 2 is 1.86 bits per heavy atom. The maximum atomic E-state index is 9.97. The third kappa shape index (κ3) is 2.66. The first-order valence-electron chi connectivity index (χ1n) is 10.4. The van der Waals surface area contributed by atoms with Gasteiger partial charge in [0.05, 0.1) is 49.4 Å². The van der Waals surface area contributed by atoms with Crippen molar-refractivity contribution >= 4 is 22.5 Å². The molecule has 28 heavy (non-hydrogen) atoms. The maximum Gasteiger partial charge on any atom is 0.157 e. The molecule has 0 spiro atoms. The number of fused-ring (bicyclic) bond motifs is 4. The zero-order valence-corrected chi connectivity index (χ0v) is 16.1. The Balaban J connectivity index is 1.74. The lowest BCUT2D eigenvalue weighted by Gasteiger charge is -2.36. The van der Waals surface area contributed by atoms with Crippen molar-refractivity contribution in [2.75, 3.05) is 44.2 Å². The number of hydrogen-bond donors (Lipinski definition) is 2. The minimum Gasteiger partial charge on any atom is -0.391 e. The van der Waals surface area contributed by atoms with Gasteiger partial charge >= 0.3 is 0 Å². The highest BCUT2D eigenvalue weighted by Gasteiger charge is 2.29. The number of piperazine rings is 1. The van der Waals surface area contributed by atoms with Crippen LogP contribution >= 0.6 is 0 Å². The number of hydrogen-bond acceptors (Lipinski definition) is 4. The smallest absolute Gasteiger partial charge is 0.157 e. The van der Waals surface area contributed by atoms with Crippen LogP contribution in [-0.4, -0.2) is 53.8 Å². The highest BCUT2D eigenvalue weighted by molar-refractivity contribution is 5.86. The number of aliphatic hydroxyl groups excluding tert-OH is 1. The summed E-state index contributed by atoms with van der Waals surface area (Å²) in [4.78, 5) is 8.83. The molecule has 0 unspecified atom stereocenters. The number of anilines is 1. The fourth-order valence-corrected chi connectivity index (χ4v) is 5.00. The van der Waals surface area contributed by atoms with Gasteiger partial charge in [0.15, 0.2) is 5.65 Å². The second kappa shape index (κ2) is 7.08.